The topological polar surface area (TPSA) is 66.0 Å². The van der Waals surface area contributed by atoms with E-state index >= 15 is 0 Å². The van der Waals surface area contributed by atoms with Gasteiger partial charge >= 0.3 is 5.97 Å². The quantitative estimate of drug-likeness (QED) is 0.562. The standard InChI is InChI=1S/C21H16N2O2/c1-13-3-2-4-15-9-10-19(23-20(13)15)18-12-11-17(22-18)14-5-7-16(8-6-14)21(24)25/h2-12,22H,1H3,(H,24,25). The van der Waals surface area contributed by atoms with Crippen molar-refractivity contribution in [2.24, 2.45) is 0 Å². The van der Waals surface area contributed by atoms with Crippen LogP contribution < -0.4 is 0 Å². The van der Waals surface area contributed by atoms with Crippen LogP contribution in [0.15, 0.2) is 66.7 Å². The molecule has 4 aromatic rings. The minimum atomic E-state index is -0.922. The van der Waals surface area contributed by atoms with Crippen LogP contribution in [0.25, 0.3) is 33.5 Å². The average molecular weight is 328 g/mol. The molecule has 0 atom stereocenters. The highest BCUT2D eigenvalue weighted by molar-refractivity contribution is 5.88. The van der Waals surface area contributed by atoms with Gasteiger partial charge in [0, 0.05) is 11.1 Å². The van der Waals surface area contributed by atoms with E-state index in [2.05, 4.69) is 30.1 Å². The number of benzene rings is 2. The Labute approximate surface area is 144 Å². The highest BCUT2D eigenvalue weighted by Crippen LogP contribution is 2.26. The predicted octanol–water partition coefficient (Wildman–Crippen LogP) is 4.90. The molecule has 0 radical (unpaired) electrons. The van der Waals surface area contributed by atoms with Gasteiger partial charge in [0.15, 0.2) is 0 Å². The molecular formula is C21H16N2O2. The second kappa shape index (κ2) is 5.91. The lowest BCUT2D eigenvalue weighted by molar-refractivity contribution is 0.0697. The molecule has 2 heterocycles. The van der Waals surface area contributed by atoms with Gasteiger partial charge in [0.2, 0.25) is 0 Å². The van der Waals surface area contributed by atoms with Crippen molar-refractivity contribution in [2.75, 3.05) is 0 Å². The maximum absolute atomic E-state index is 11.0. The lowest BCUT2D eigenvalue weighted by Gasteiger charge is -2.04. The van der Waals surface area contributed by atoms with E-state index in [-0.39, 0.29) is 5.56 Å². The monoisotopic (exact) mass is 328 g/mol. The zero-order valence-corrected chi connectivity index (χ0v) is 13.7. The molecule has 4 rings (SSSR count). The largest absolute Gasteiger partial charge is 0.478 e. The molecule has 0 unspecified atom stereocenters. The third kappa shape index (κ3) is 2.78. The Hall–Kier alpha value is -3.40. The summed E-state index contributed by atoms with van der Waals surface area (Å²) in [4.78, 5) is 19.1. The van der Waals surface area contributed by atoms with Crippen molar-refractivity contribution in [2.45, 2.75) is 6.92 Å². The summed E-state index contributed by atoms with van der Waals surface area (Å²) in [5.74, 6) is -0.922. The molecule has 0 bridgehead atoms. The summed E-state index contributed by atoms with van der Waals surface area (Å²) in [5.41, 5.74) is 6.11. The number of H-pyrrole nitrogens is 1. The number of pyridine rings is 1. The van der Waals surface area contributed by atoms with E-state index < -0.39 is 5.97 Å². The molecule has 2 aromatic carbocycles. The molecule has 122 valence electrons. The fourth-order valence-corrected chi connectivity index (χ4v) is 2.95. The number of carboxylic acid groups (broad SMARTS) is 1. The van der Waals surface area contributed by atoms with Crippen LogP contribution in [0.5, 0.6) is 0 Å². The maximum atomic E-state index is 11.0. The molecule has 0 fully saturated rings. The number of hydrogen-bond donors (Lipinski definition) is 2. The van der Waals surface area contributed by atoms with Gasteiger partial charge in [-0.25, -0.2) is 9.78 Å². The molecule has 0 spiro atoms. The second-order valence-corrected chi connectivity index (χ2v) is 6.01. The highest BCUT2D eigenvalue weighted by atomic mass is 16.4. The third-order valence-electron chi connectivity index (χ3n) is 4.33. The first kappa shape index (κ1) is 15.1. The smallest absolute Gasteiger partial charge is 0.335 e. The summed E-state index contributed by atoms with van der Waals surface area (Å²) in [6.45, 7) is 2.06. The first-order chi connectivity index (χ1) is 12.1. The summed E-state index contributed by atoms with van der Waals surface area (Å²) in [7, 11) is 0. The number of aryl methyl sites for hydroxylation is 1. The molecule has 4 heteroatoms. The minimum Gasteiger partial charge on any atom is -0.478 e. The summed E-state index contributed by atoms with van der Waals surface area (Å²) in [5, 5.41) is 10.1. The van der Waals surface area contributed by atoms with Gasteiger partial charge < -0.3 is 10.1 Å². The van der Waals surface area contributed by atoms with Crippen LogP contribution in [0.1, 0.15) is 15.9 Å². The zero-order chi connectivity index (χ0) is 17.4. The van der Waals surface area contributed by atoms with E-state index in [1.165, 1.54) is 0 Å². The van der Waals surface area contributed by atoms with E-state index in [1.54, 1.807) is 24.3 Å². The van der Waals surface area contributed by atoms with Gasteiger partial charge in [0.25, 0.3) is 0 Å². The van der Waals surface area contributed by atoms with E-state index in [0.29, 0.717) is 0 Å². The van der Waals surface area contributed by atoms with Gasteiger partial charge in [-0.05, 0) is 48.4 Å². The van der Waals surface area contributed by atoms with Crippen LogP contribution in [0.2, 0.25) is 0 Å². The molecular weight excluding hydrogens is 312 g/mol. The Bertz CT molecular complexity index is 1080. The van der Waals surface area contributed by atoms with E-state index in [9.17, 15) is 4.79 Å². The first-order valence-corrected chi connectivity index (χ1v) is 8.01. The summed E-state index contributed by atoms with van der Waals surface area (Å²) < 4.78 is 0. The number of hydrogen-bond acceptors (Lipinski definition) is 2. The van der Waals surface area contributed by atoms with Crippen molar-refractivity contribution in [3.8, 4) is 22.6 Å². The Morgan fingerprint density at radius 1 is 0.920 bits per heavy atom. The van der Waals surface area contributed by atoms with Gasteiger partial charge in [-0.1, -0.05) is 36.4 Å². The number of nitrogens with zero attached hydrogens (tertiary/aromatic N) is 1. The van der Waals surface area contributed by atoms with Crippen LogP contribution in [0.3, 0.4) is 0 Å². The number of aromatic carboxylic acids is 1. The van der Waals surface area contributed by atoms with Gasteiger partial charge in [-0.15, -0.1) is 0 Å². The lowest BCUT2D eigenvalue weighted by Crippen LogP contribution is -1.95. The van der Waals surface area contributed by atoms with Crippen LogP contribution in [-0.2, 0) is 0 Å². The number of carboxylic acids is 1. The normalized spacial score (nSPS) is 10.9. The minimum absolute atomic E-state index is 0.280. The molecule has 0 amide bonds. The molecule has 0 aliphatic heterocycles. The summed E-state index contributed by atoms with van der Waals surface area (Å²) in [6, 6.07) is 21.0. The summed E-state index contributed by atoms with van der Waals surface area (Å²) >= 11 is 0. The van der Waals surface area contributed by atoms with Gasteiger partial charge in [-0.2, -0.15) is 0 Å². The highest BCUT2D eigenvalue weighted by Gasteiger charge is 2.08. The molecule has 0 aliphatic carbocycles. The second-order valence-electron chi connectivity index (χ2n) is 6.01. The fourth-order valence-electron chi connectivity index (χ4n) is 2.95. The van der Waals surface area contributed by atoms with Crippen LogP contribution in [0.4, 0.5) is 0 Å². The Morgan fingerprint density at radius 2 is 1.68 bits per heavy atom. The van der Waals surface area contributed by atoms with Crippen molar-refractivity contribution in [1.29, 1.82) is 0 Å². The Morgan fingerprint density at radius 3 is 2.44 bits per heavy atom. The van der Waals surface area contributed by atoms with E-state index in [1.807, 2.05) is 24.3 Å². The van der Waals surface area contributed by atoms with Crippen molar-refractivity contribution < 1.29 is 9.90 Å². The van der Waals surface area contributed by atoms with Gasteiger partial charge in [-0.3, -0.25) is 0 Å². The van der Waals surface area contributed by atoms with Crippen LogP contribution >= 0.6 is 0 Å². The Kier molecular flexibility index (Phi) is 3.58. The maximum Gasteiger partial charge on any atom is 0.335 e. The average Bonchev–Trinajstić information content (AvgIpc) is 3.12. The SMILES string of the molecule is Cc1cccc2ccc(-c3ccc(-c4ccc(C(=O)O)cc4)[nH]3)nc12. The number of aromatic nitrogens is 2. The van der Waals surface area contributed by atoms with Crippen molar-refractivity contribution in [3.63, 3.8) is 0 Å². The fraction of sp³-hybridized carbons (Fsp3) is 0.0476. The molecule has 0 saturated heterocycles. The Balaban J connectivity index is 1.71. The third-order valence-corrected chi connectivity index (χ3v) is 4.33. The van der Waals surface area contributed by atoms with Crippen molar-refractivity contribution in [1.82, 2.24) is 9.97 Å². The van der Waals surface area contributed by atoms with Gasteiger partial charge in [0.1, 0.15) is 0 Å². The molecule has 25 heavy (non-hydrogen) atoms. The van der Waals surface area contributed by atoms with Gasteiger partial charge in [0.05, 0.1) is 22.5 Å². The number of para-hydroxylation sites is 1. The predicted molar refractivity (Wildman–Crippen MR) is 98.7 cm³/mol. The van der Waals surface area contributed by atoms with Crippen LogP contribution in [-0.4, -0.2) is 21.0 Å². The number of nitrogens with one attached hydrogen (secondary N) is 1. The number of fused-ring (bicyclic) bond motifs is 1. The summed E-state index contributed by atoms with van der Waals surface area (Å²) in [6.07, 6.45) is 0. The van der Waals surface area contributed by atoms with Crippen molar-refractivity contribution in [3.05, 3.63) is 77.9 Å². The molecule has 2 N–H and O–H groups in total. The first-order valence-electron chi connectivity index (χ1n) is 8.01. The molecule has 2 aromatic heterocycles. The number of carbonyl (C=O) groups is 1. The van der Waals surface area contributed by atoms with Crippen LogP contribution in [0, 0.1) is 6.92 Å². The zero-order valence-electron chi connectivity index (χ0n) is 13.7. The lowest BCUT2D eigenvalue weighted by atomic mass is 10.1. The molecule has 4 nitrogen and oxygen atoms in total. The molecule has 0 aliphatic rings. The number of aromatic amines is 1. The van der Waals surface area contributed by atoms with E-state index in [4.69, 9.17) is 10.1 Å². The molecule has 0 saturated carbocycles. The van der Waals surface area contributed by atoms with E-state index in [0.717, 1.165) is 39.1 Å². The van der Waals surface area contributed by atoms with Crippen molar-refractivity contribution >= 4 is 16.9 Å². The number of rotatable bonds is 3.